The number of amides is 1. The first-order chi connectivity index (χ1) is 9.78. The Kier molecular flexibility index (Phi) is 7.30. The van der Waals surface area contributed by atoms with Crippen molar-refractivity contribution in [1.29, 1.82) is 0 Å². The van der Waals surface area contributed by atoms with E-state index in [1.807, 2.05) is 31.9 Å². The number of hydrogen-bond donors (Lipinski definition) is 2. The van der Waals surface area contributed by atoms with Gasteiger partial charge in [0.1, 0.15) is 5.60 Å². The summed E-state index contributed by atoms with van der Waals surface area (Å²) < 4.78 is 5.46. The molecule has 124 valence electrons. The third-order valence-electron chi connectivity index (χ3n) is 3.72. The standard InChI is InChI=1S/C15H30N2O3S/c1-11(13(10-18)21-5)16-9-12-7-6-8-17(12)14(19)20-15(2,3)4/h11-13,16,18H,6-10H2,1-5H3. The lowest BCUT2D eigenvalue weighted by Gasteiger charge is -2.30. The molecule has 0 spiro atoms. The molecule has 1 rings (SSSR count). The number of carbonyl (C=O) groups excluding carboxylic acids is 1. The van der Waals surface area contributed by atoms with Crippen molar-refractivity contribution in [3.8, 4) is 0 Å². The molecule has 3 unspecified atom stereocenters. The van der Waals surface area contributed by atoms with E-state index in [0.29, 0.717) is 0 Å². The zero-order valence-electron chi connectivity index (χ0n) is 13.9. The molecule has 1 heterocycles. The lowest BCUT2D eigenvalue weighted by Crippen LogP contribution is -2.47. The predicted octanol–water partition coefficient (Wildman–Crippen LogP) is 2.09. The van der Waals surface area contributed by atoms with E-state index in [0.717, 1.165) is 25.9 Å². The number of nitrogens with one attached hydrogen (secondary N) is 1. The van der Waals surface area contributed by atoms with Crippen LogP contribution in [-0.4, -0.2) is 65.0 Å². The Balaban J connectivity index is 2.48. The highest BCUT2D eigenvalue weighted by atomic mass is 32.2. The van der Waals surface area contributed by atoms with E-state index in [2.05, 4.69) is 12.2 Å². The van der Waals surface area contributed by atoms with E-state index in [9.17, 15) is 9.90 Å². The van der Waals surface area contributed by atoms with Crippen LogP contribution in [0.5, 0.6) is 0 Å². The fraction of sp³-hybridized carbons (Fsp3) is 0.933. The lowest BCUT2D eigenvalue weighted by molar-refractivity contribution is 0.0224. The van der Waals surface area contributed by atoms with Crippen LogP contribution in [0.3, 0.4) is 0 Å². The Morgan fingerprint density at radius 1 is 1.52 bits per heavy atom. The molecule has 0 aromatic heterocycles. The number of thioether (sulfide) groups is 1. The van der Waals surface area contributed by atoms with Gasteiger partial charge in [0.15, 0.2) is 0 Å². The summed E-state index contributed by atoms with van der Waals surface area (Å²) in [5.41, 5.74) is -0.453. The van der Waals surface area contributed by atoms with Gasteiger partial charge >= 0.3 is 6.09 Å². The van der Waals surface area contributed by atoms with Crippen LogP contribution in [0.2, 0.25) is 0 Å². The van der Waals surface area contributed by atoms with Crippen LogP contribution in [0.25, 0.3) is 0 Å². The summed E-state index contributed by atoms with van der Waals surface area (Å²) in [6.07, 6.45) is 3.80. The molecule has 3 atom stereocenters. The maximum absolute atomic E-state index is 12.2. The Morgan fingerprint density at radius 3 is 2.71 bits per heavy atom. The van der Waals surface area contributed by atoms with Crippen LogP contribution in [0.1, 0.15) is 40.5 Å². The van der Waals surface area contributed by atoms with Gasteiger partial charge in [-0.2, -0.15) is 11.8 Å². The molecule has 0 aliphatic carbocycles. The summed E-state index contributed by atoms with van der Waals surface area (Å²) in [5.74, 6) is 0. The molecule has 0 saturated carbocycles. The minimum atomic E-state index is -0.453. The topological polar surface area (TPSA) is 61.8 Å². The molecule has 1 aliphatic rings. The van der Waals surface area contributed by atoms with Crippen LogP contribution in [-0.2, 0) is 4.74 Å². The number of ether oxygens (including phenoxy) is 1. The van der Waals surface area contributed by atoms with E-state index in [1.54, 1.807) is 11.8 Å². The first kappa shape index (κ1) is 18.6. The van der Waals surface area contributed by atoms with Gasteiger partial charge in [0.25, 0.3) is 0 Å². The number of aliphatic hydroxyl groups is 1. The molecule has 0 aromatic carbocycles. The minimum Gasteiger partial charge on any atom is -0.444 e. The molecule has 2 N–H and O–H groups in total. The number of likely N-dealkylation sites (tertiary alicyclic amines) is 1. The average molecular weight is 318 g/mol. The third kappa shape index (κ3) is 6.04. The largest absolute Gasteiger partial charge is 0.444 e. The summed E-state index contributed by atoms with van der Waals surface area (Å²) in [7, 11) is 0. The normalized spacial score (nSPS) is 22.2. The second-order valence-corrected chi connectivity index (χ2v) is 7.70. The fourth-order valence-corrected chi connectivity index (χ4v) is 3.15. The van der Waals surface area contributed by atoms with Gasteiger partial charge in [-0.3, -0.25) is 0 Å². The molecule has 0 bridgehead atoms. The highest BCUT2D eigenvalue weighted by Gasteiger charge is 2.32. The highest BCUT2D eigenvalue weighted by Crippen LogP contribution is 2.21. The van der Waals surface area contributed by atoms with Gasteiger partial charge in [-0.1, -0.05) is 0 Å². The first-order valence-corrected chi connectivity index (χ1v) is 8.94. The zero-order chi connectivity index (χ0) is 16.0. The van der Waals surface area contributed by atoms with E-state index in [-0.39, 0.29) is 30.0 Å². The van der Waals surface area contributed by atoms with Crippen molar-refractivity contribution in [1.82, 2.24) is 10.2 Å². The van der Waals surface area contributed by atoms with Gasteiger partial charge < -0.3 is 20.1 Å². The van der Waals surface area contributed by atoms with Crippen LogP contribution >= 0.6 is 11.8 Å². The predicted molar refractivity (Wildman–Crippen MR) is 87.8 cm³/mol. The van der Waals surface area contributed by atoms with Crippen molar-refractivity contribution in [2.75, 3.05) is 26.0 Å². The van der Waals surface area contributed by atoms with Crippen LogP contribution < -0.4 is 5.32 Å². The van der Waals surface area contributed by atoms with Crippen LogP contribution in [0, 0.1) is 0 Å². The number of carbonyl (C=O) groups is 1. The number of aliphatic hydroxyl groups excluding tert-OH is 1. The summed E-state index contributed by atoms with van der Waals surface area (Å²) in [5, 5.41) is 12.9. The van der Waals surface area contributed by atoms with Gasteiger partial charge in [-0.15, -0.1) is 0 Å². The fourth-order valence-electron chi connectivity index (χ4n) is 2.50. The zero-order valence-corrected chi connectivity index (χ0v) is 14.7. The van der Waals surface area contributed by atoms with E-state index in [4.69, 9.17) is 4.74 Å². The van der Waals surface area contributed by atoms with Gasteiger partial charge in [-0.25, -0.2) is 4.79 Å². The molecule has 6 heteroatoms. The van der Waals surface area contributed by atoms with Crippen molar-refractivity contribution in [3.05, 3.63) is 0 Å². The third-order valence-corrected chi connectivity index (χ3v) is 4.88. The molecular formula is C15H30N2O3S. The van der Waals surface area contributed by atoms with Gasteiger partial charge in [0.05, 0.1) is 6.61 Å². The monoisotopic (exact) mass is 318 g/mol. The Morgan fingerprint density at radius 2 is 2.19 bits per heavy atom. The maximum Gasteiger partial charge on any atom is 0.410 e. The second kappa shape index (κ2) is 8.25. The van der Waals surface area contributed by atoms with Crippen molar-refractivity contribution in [3.63, 3.8) is 0 Å². The van der Waals surface area contributed by atoms with E-state index in [1.165, 1.54) is 0 Å². The number of nitrogens with zero attached hydrogens (tertiary/aromatic N) is 1. The summed E-state index contributed by atoms with van der Waals surface area (Å²) in [4.78, 5) is 14.0. The van der Waals surface area contributed by atoms with Crippen LogP contribution in [0.4, 0.5) is 4.79 Å². The number of rotatable bonds is 6. The molecule has 1 fully saturated rings. The average Bonchev–Trinajstić information content (AvgIpc) is 2.84. The van der Waals surface area contributed by atoms with E-state index < -0.39 is 5.60 Å². The van der Waals surface area contributed by atoms with Gasteiger partial charge in [-0.05, 0) is 46.8 Å². The highest BCUT2D eigenvalue weighted by molar-refractivity contribution is 7.99. The smallest absolute Gasteiger partial charge is 0.410 e. The molecule has 21 heavy (non-hydrogen) atoms. The van der Waals surface area contributed by atoms with Crippen molar-refractivity contribution in [2.45, 2.75) is 63.5 Å². The second-order valence-electron chi connectivity index (χ2n) is 6.62. The minimum absolute atomic E-state index is 0.162. The first-order valence-electron chi connectivity index (χ1n) is 7.65. The Hall–Kier alpha value is -0.460. The summed E-state index contributed by atoms with van der Waals surface area (Å²) in [6.45, 7) is 9.42. The molecule has 1 amide bonds. The summed E-state index contributed by atoms with van der Waals surface area (Å²) in [6, 6.07) is 0.398. The molecular weight excluding hydrogens is 288 g/mol. The molecule has 0 radical (unpaired) electrons. The van der Waals surface area contributed by atoms with Gasteiger partial charge in [0.2, 0.25) is 0 Å². The number of hydrogen-bond acceptors (Lipinski definition) is 5. The van der Waals surface area contributed by atoms with Crippen molar-refractivity contribution < 1.29 is 14.6 Å². The van der Waals surface area contributed by atoms with Crippen molar-refractivity contribution >= 4 is 17.9 Å². The Bertz CT molecular complexity index is 329. The van der Waals surface area contributed by atoms with Crippen LogP contribution in [0.15, 0.2) is 0 Å². The molecule has 5 nitrogen and oxygen atoms in total. The lowest BCUT2D eigenvalue weighted by atomic mass is 10.2. The molecule has 1 saturated heterocycles. The molecule has 1 aliphatic heterocycles. The maximum atomic E-state index is 12.2. The van der Waals surface area contributed by atoms with E-state index >= 15 is 0 Å². The quantitative estimate of drug-likeness (QED) is 0.785. The molecule has 0 aromatic rings. The van der Waals surface area contributed by atoms with Gasteiger partial charge in [0, 0.05) is 30.4 Å². The van der Waals surface area contributed by atoms with Crippen molar-refractivity contribution in [2.24, 2.45) is 0 Å². The SMILES string of the molecule is CSC(CO)C(C)NCC1CCCN1C(=O)OC(C)(C)C. The summed E-state index contributed by atoms with van der Waals surface area (Å²) >= 11 is 1.66. The Labute approximate surface area is 132 Å².